The fourth-order valence-corrected chi connectivity index (χ4v) is 2.57. The first kappa shape index (κ1) is 9.04. The Labute approximate surface area is 79.7 Å². The van der Waals surface area contributed by atoms with Gasteiger partial charge in [0.25, 0.3) is 0 Å². The van der Waals surface area contributed by atoms with E-state index in [1.165, 1.54) is 32.1 Å². The fraction of sp³-hybridized carbons (Fsp3) is 0.909. The number of hydrogen-bond donors (Lipinski definition) is 0. The second-order valence-electron chi connectivity index (χ2n) is 4.32. The smallest absolute Gasteiger partial charge is 0.306 e. The van der Waals surface area contributed by atoms with Crippen LogP contribution in [0.5, 0.6) is 0 Å². The molecule has 74 valence electrons. The van der Waals surface area contributed by atoms with Gasteiger partial charge in [-0.05, 0) is 31.6 Å². The summed E-state index contributed by atoms with van der Waals surface area (Å²) in [7, 11) is 0. The highest BCUT2D eigenvalue weighted by atomic mass is 16.5. The molecule has 1 saturated carbocycles. The summed E-state index contributed by atoms with van der Waals surface area (Å²) in [5.41, 5.74) is 0. The molecule has 0 unspecified atom stereocenters. The Morgan fingerprint density at radius 1 is 1.00 bits per heavy atom. The third-order valence-corrected chi connectivity index (χ3v) is 3.33. The van der Waals surface area contributed by atoms with Crippen molar-refractivity contribution in [3.05, 3.63) is 0 Å². The Morgan fingerprint density at radius 2 is 1.77 bits per heavy atom. The summed E-state index contributed by atoms with van der Waals surface area (Å²) in [5.74, 6) is 0.708. The van der Waals surface area contributed by atoms with E-state index in [1.807, 2.05) is 0 Å². The van der Waals surface area contributed by atoms with Gasteiger partial charge in [-0.15, -0.1) is 0 Å². The maximum atomic E-state index is 11.1. The highest BCUT2D eigenvalue weighted by molar-refractivity contribution is 5.70. The lowest BCUT2D eigenvalue weighted by atomic mass is 9.83. The van der Waals surface area contributed by atoms with E-state index in [2.05, 4.69) is 0 Å². The molecule has 0 spiro atoms. The van der Waals surface area contributed by atoms with Gasteiger partial charge in [0.1, 0.15) is 6.10 Å². The molecule has 0 bridgehead atoms. The number of hydrogen-bond acceptors (Lipinski definition) is 2. The molecule has 0 aromatic rings. The van der Waals surface area contributed by atoms with Gasteiger partial charge in [-0.3, -0.25) is 4.79 Å². The number of ether oxygens (including phenoxy) is 1. The minimum Gasteiger partial charge on any atom is -0.462 e. The molecule has 1 heterocycles. The highest BCUT2D eigenvalue weighted by Gasteiger charge is 2.29. The van der Waals surface area contributed by atoms with Gasteiger partial charge >= 0.3 is 5.97 Å². The van der Waals surface area contributed by atoms with Crippen molar-refractivity contribution >= 4 is 5.97 Å². The monoisotopic (exact) mass is 182 g/mol. The Morgan fingerprint density at radius 3 is 2.46 bits per heavy atom. The molecule has 2 aliphatic rings. The molecular weight excluding hydrogens is 164 g/mol. The van der Waals surface area contributed by atoms with Crippen molar-refractivity contribution in [1.29, 1.82) is 0 Å². The maximum Gasteiger partial charge on any atom is 0.306 e. The minimum absolute atomic E-state index is 0.0295. The van der Waals surface area contributed by atoms with Crippen LogP contribution in [0.1, 0.15) is 51.4 Å². The van der Waals surface area contributed by atoms with Crippen LogP contribution in [0.25, 0.3) is 0 Å². The molecule has 0 aromatic heterocycles. The maximum absolute atomic E-state index is 11.1. The van der Waals surface area contributed by atoms with Gasteiger partial charge in [0.15, 0.2) is 0 Å². The van der Waals surface area contributed by atoms with E-state index in [0.717, 1.165) is 12.8 Å². The zero-order valence-corrected chi connectivity index (χ0v) is 8.13. The summed E-state index contributed by atoms with van der Waals surface area (Å²) in [6.07, 6.45) is 9.64. The van der Waals surface area contributed by atoms with Gasteiger partial charge in [-0.1, -0.05) is 19.3 Å². The Hall–Kier alpha value is -0.530. The molecular formula is C11H18O2. The van der Waals surface area contributed by atoms with Crippen LogP contribution in [0, 0.1) is 5.92 Å². The first-order valence-electron chi connectivity index (χ1n) is 5.56. The molecule has 2 rings (SSSR count). The van der Waals surface area contributed by atoms with Crippen LogP contribution in [-0.4, -0.2) is 12.1 Å². The number of cyclic esters (lactones) is 1. The first-order chi connectivity index (χ1) is 6.36. The number of carbonyl (C=O) groups is 1. The van der Waals surface area contributed by atoms with Crippen molar-refractivity contribution in [2.75, 3.05) is 0 Å². The van der Waals surface area contributed by atoms with Crippen LogP contribution in [0.4, 0.5) is 0 Å². The third kappa shape index (κ3) is 2.23. The van der Waals surface area contributed by atoms with Crippen LogP contribution in [-0.2, 0) is 9.53 Å². The molecule has 13 heavy (non-hydrogen) atoms. The lowest BCUT2D eigenvalue weighted by Gasteiger charge is -2.32. The van der Waals surface area contributed by atoms with Crippen molar-refractivity contribution in [3.8, 4) is 0 Å². The molecule has 2 nitrogen and oxygen atoms in total. The van der Waals surface area contributed by atoms with Crippen LogP contribution < -0.4 is 0 Å². The SMILES string of the molecule is O=C1CCC[C@H](C2CCCCC2)O1. The number of carbonyl (C=O) groups excluding carboxylic acids is 1. The minimum atomic E-state index is 0.0295. The van der Waals surface area contributed by atoms with Crippen LogP contribution >= 0.6 is 0 Å². The quantitative estimate of drug-likeness (QED) is 0.583. The van der Waals surface area contributed by atoms with E-state index >= 15 is 0 Å². The van der Waals surface area contributed by atoms with Crippen molar-refractivity contribution < 1.29 is 9.53 Å². The van der Waals surface area contributed by atoms with Crippen molar-refractivity contribution in [3.63, 3.8) is 0 Å². The molecule has 2 fully saturated rings. The van der Waals surface area contributed by atoms with E-state index < -0.39 is 0 Å². The molecule has 2 heteroatoms. The molecule has 1 aliphatic carbocycles. The summed E-state index contributed by atoms with van der Waals surface area (Å²) in [6.45, 7) is 0. The second kappa shape index (κ2) is 4.12. The van der Waals surface area contributed by atoms with Crippen LogP contribution in [0.3, 0.4) is 0 Å². The Bertz CT molecular complexity index is 183. The molecule has 1 atom stereocenters. The van der Waals surface area contributed by atoms with E-state index in [9.17, 15) is 4.79 Å². The number of rotatable bonds is 1. The van der Waals surface area contributed by atoms with E-state index in [-0.39, 0.29) is 12.1 Å². The molecule has 0 radical (unpaired) electrons. The largest absolute Gasteiger partial charge is 0.462 e. The normalized spacial score (nSPS) is 31.4. The summed E-state index contributed by atoms with van der Waals surface area (Å²) in [4.78, 5) is 11.1. The van der Waals surface area contributed by atoms with Crippen LogP contribution in [0.15, 0.2) is 0 Å². The summed E-state index contributed by atoms with van der Waals surface area (Å²) in [5, 5.41) is 0. The Kier molecular flexibility index (Phi) is 2.87. The zero-order valence-electron chi connectivity index (χ0n) is 8.13. The molecule has 1 aliphatic heterocycles. The lowest BCUT2D eigenvalue weighted by Crippen LogP contribution is -2.31. The van der Waals surface area contributed by atoms with E-state index in [4.69, 9.17) is 4.74 Å². The predicted molar refractivity (Wildman–Crippen MR) is 50.3 cm³/mol. The average molecular weight is 182 g/mol. The van der Waals surface area contributed by atoms with Crippen LogP contribution in [0.2, 0.25) is 0 Å². The highest BCUT2D eigenvalue weighted by Crippen LogP contribution is 2.32. The Balaban J connectivity index is 1.87. The number of esters is 1. The third-order valence-electron chi connectivity index (χ3n) is 3.33. The van der Waals surface area contributed by atoms with E-state index in [0.29, 0.717) is 12.3 Å². The zero-order chi connectivity index (χ0) is 9.10. The van der Waals surface area contributed by atoms with Gasteiger partial charge < -0.3 is 4.74 Å². The van der Waals surface area contributed by atoms with Crippen molar-refractivity contribution in [2.45, 2.75) is 57.5 Å². The van der Waals surface area contributed by atoms with Gasteiger partial charge in [0.05, 0.1) is 0 Å². The van der Waals surface area contributed by atoms with Gasteiger partial charge in [0.2, 0.25) is 0 Å². The molecule has 0 N–H and O–H groups in total. The predicted octanol–water partition coefficient (Wildman–Crippen LogP) is 2.66. The summed E-state index contributed by atoms with van der Waals surface area (Å²) < 4.78 is 5.39. The van der Waals surface area contributed by atoms with Crippen molar-refractivity contribution in [2.24, 2.45) is 5.92 Å². The molecule has 1 saturated heterocycles. The standard InChI is InChI=1S/C11H18O2/c12-11-8-4-7-10(13-11)9-5-2-1-3-6-9/h9-10H,1-8H2/t10-/m1/s1. The summed E-state index contributed by atoms with van der Waals surface area (Å²) >= 11 is 0. The van der Waals surface area contributed by atoms with Gasteiger partial charge in [-0.25, -0.2) is 0 Å². The molecule has 0 aromatic carbocycles. The lowest BCUT2D eigenvalue weighted by molar-refractivity contribution is -0.157. The molecule has 0 amide bonds. The first-order valence-corrected chi connectivity index (χ1v) is 5.56. The second-order valence-corrected chi connectivity index (χ2v) is 4.32. The summed E-state index contributed by atoms with van der Waals surface area (Å²) in [6, 6.07) is 0. The van der Waals surface area contributed by atoms with Gasteiger partial charge in [-0.2, -0.15) is 0 Å². The fourth-order valence-electron chi connectivity index (χ4n) is 2.57. The van der Waals surface area contributed by atoms with E-state index in [1.54, 1.807) is 0 Å². The topological polar surface area (TPSA) is 26.3 Å². The van der Waals surface area contributed by atoms with Gasteiger partial charge in [0, 0.05) is 6.42 Å². The van der Waals surface area contributed by atoms with Crippen molar-refractivity contribution in [1.82, 2.24) is 0 Å². The average Bonchev–Trinajstić information content (AvgIpc) is 2.19.